The van der Waals surface area contributed by atoms with Crippen LogP contribution >= 0.6 is 23.1 Å². The van der Waals surface area contributed by atoms with E-state index in [2.05, 4.69) is 15.0 Å². The second kappa shape index (κ2) is 13.2. The van der Waals surface area contributed by atoms with Crippen molar-refractivity contribution in [3.63, 3.8) is 0 Å². The molecule has 0 N–H and O–H groups in total. The monoisotopic (exact) mass is 633 g/mol. The van der Waals surface area contributed by atoms with Gasteiger partial charge in [0, 0.05) is 18.5 Å². The van der Waals surface area contributed by atoms with Gasteiger partial charge in [0.05, 0.1) is 52.0 Å². The van der Waals surface area contributed by atoms with Crippen molar-refractivity contribution in [3.8, 4) is 11.5 Å². The highest BCUT2D eigenvalue weighted by Gasteiger charge is 2.34. The number of hydrogen-bond acceptors (Lipinski definition) is 12. The SMILES string of the molecule is CCOC(=O)C1=C(C)N=c2s/c(=C/c3ccc(Sc4ncccn4)c([N+](=O)[O-])c3)c(=O)n2[C@@H]1c1ccc(OC)c(OCC)c1. The van der Waals surface area contributed by atoms with Crippen LogP contribution in [0, 0.1) is 10.1 Å². The summed E-state index contributed by atoms with van der Waals surface area (Å²) < 4.78 is 18.3. The highest BCUT2D eigenvalue weighted by Crippen LogP contribution is 2.37. The molecule has 2 aromatic heterocycles. The number of hydrogen-bond donors (Lipinski definition) is 0. The molecule has 12 nitrogen and oxygen atoms in total. The molecule has 0 unspecified atom stereocenters. The predicted octanol–water partition coefficient (Wildman–Crippen LogP) is 4.06. The number of nitro groups is 1. The Kier molecular flexibility index (Phi) is 9.20. The first-order chi connectivity index (χ1) is 21.2. The van der Waals surface area contributed by atoms with E-state index in [1.54, 1.807) is 68.7 Å². The molecule has 1 aliphatic rings. The summed E-state index contributed by atoms with van der Waals surface area (Å²) in [5.74, 6) is 0.370. The maximum Gasteiger partial charge on any atom is 0.338 e. The molecule has 0 radical (unpaired) electrons. The number of nitro benzene ring substituents is 1. The molecule has 0 spiro atoms. The lowest BCUT2D eigenvalue weighted by molar-refractivity contribution is -0.387. The Morgan fingerprint density at radius 2 is 1.91 bits per heavy atom. The molecule has 0 saturated carbocycles. The van der Waals surface area contributed by atoms with Crippen molar-refractivity contribution in [2.75, 3.05) is 20.3 Å². The van der Waals surface area contributed by atoms with Crippen LogP contribution in [0.5, 0.6) is 11.5 Å². The van der Waals surface area contributed by atoms with Crippen LogP contribution in [-0.2, 0) is 9.53 Å². The molecule has 226 valence electrons. The van der Waals surface area contributed by atoms with Gasteiger partial charge in [0.2, 0.25) is 0 Å². The van der Waals surface area contributed by atoms with Crippen LogP contribution < -0.4 is 24.4 Å². The van der Waals surface area contributed by atoms with Crippen molar-refractivity contribution in [3.05, 3.63) is 107 Å². The van der Waals surface area contributed by atoms with Crippen molar-refractivity contribution in [1.29, 1.82) is 0 Å². The molecular formula is C30H27N5O7S2. The zero-order chi connectivity index (χ0) is 31.4. The molecule has 1 aliphatic heterocycles. The van der Waals surface area contributed by atoms with Crippen LogP contribution in [0.25, 0.3) is 6.08 Å². The van der Waals surface area contributed by atoms with Crippen molar-refractivity contribution < 1.29 is 23.9 Å². The minimum Gasteiger partial charge on any atom is -0.493 e. The topological polar surface area (TPSA) is 148 Å². The molecule has 2 aromatic carbocycles. The van der Waals surface area contributed by atoms with Gasteiger partial charge in [-0.05, 0) is 74.0 Å². The van der Waals surface area contributed by atoms with Crippen LogP contribution in [0.3, 0.4) is 0 Å². The third-order valence-electron chi connectivity index (χ3n) is 6.54. The van der Waals surface area contributed by atoms with Crippen LogP contribution in [0.1, 0.15) is 37.9 Å². The molecule has 0 amide bonds. The lowest BCUT2D eigenvalue weighted by Crippen LogP contribution is -2.40. The second-order valence-corrected chi connectivity index (χ2v) is 11.3. The first kappa shape index (κ1) is 30.6. The van der Waals surface area contributed by atoms with Crippen molar-refractivity contribution >= 4 is 40.8 Å². The van der Waals surface area contributed by atoms with Crippen molar-refractivity contribution in [2.24, 2.45) is 4.99 Å². The second-order valence-electron chi connectivity index (χ2n) is 9.26. The van der Waals surface area contributed by atoms with E-state index in [4.69, 9.17) is 14.2 Å². The van der Waals surface area contributed by atoms with Gasteiger partial charge in [-0.3, -0.25) is 19.5 Å². The summed E-state index contributed by atoms with van der Waals surface area (Å²) in [4.78, 5) is 52.2. The number of nitrogens with zero attached hydrogens (tertiary/aromatic N) is 5. The number of aromatic nitrogens is 3. The van der Waals surface area contributed by atoms with Gasteiger partial charge in [0.25, 0.3) is 11.2 Å². The fourth-order valence-electron chi connectivity index (χ4n) is 4.68. The molecule has 44 heavy (non-hydrogen) atoms. The van der Waals surface area contributed by atoms with E-state index in [0.29, 0.717) is 49.8 Å². The Hall–Kier alpha value is -4.82. The molecule has 5 rings (SSSR count). The number of carbonyl (C=O) groups excluding carboxylic acids is 1. The first-order valence-electron chi connectivity index (χ1n) is 13.5. The van der Waals surface area contributed by atoms with E-state index in [1.165, 1.54) is 17.7 Å². The highest BCUT2D eigenvalue weighted by molar-refractivity contribution is 7.99. The minimum atomic E-state index is -0.864. The molecule has 1 atom stereocenters. The summed E-state index contributed by atoms with van der Waals surface area (Å²) in [5, 5.41) is 12.3. The average Bonchev–Trinajstić information content (AvgIpc) is 3.31. The molecule has 3 heterocycles. The molecule has 0 saturated heterocycles. The van der Waals surface area contributed by atoms with Gasteiger partial charge >= 0.3 is 5.97 Å². The van der Waals surface area contributed by atoms with E-state index in [-0.39, 0.29) is 22.4 Å². The number of rotatable bonds is 10. The first-order valence-corrected chi connectivity index (χ1v) is 15.1. The number of benzene rings is 2. The summed E-state index contributed by atoms with van der Waals surface area (Å²) in [5.41, 5.74) is 1.11. The Morgan fingerprint density at radius 3 is 2.59 bits per heavy atom. The lowest BCUT2D eigenvalue weighted by Gasteiger charge is -2.25. The van der Waals surface area contributed by atoms with Gasteiger partial charge in [0.1, 0.15) is 0 Å². The van der Waals surface area contributed by atoms with Gasteiger partial charge in [-0.2, -0.15) is 0 Å². The van der Waals surface area contributed by atoms with E-state index in [0.717, 1.165) is 23.1 Å². The fraction of sp³-hybridized carbons (Fsp3) is 0.233. The molecule has 0 bridgehead atoms. The van der Waals surface area contributed by atoms with Crippen molar-refractivity contribution in [2.45, 2.75) is 36.9 Å². The van der Waals surface area contributed by atoms with Crippen LogP contribution in [0.15, 0.2) is 86.0 Å². The summed E-state index contributed by atoms with van der Waals surface area (Å²) in [6.45, 7) is 5.76. The largest absolute Gasteiger partial charge is 0.493 e. The smallest absolute Gasteiger partial charge is 0.338 e. The molecule has 0 fully saturated rings. The number of methoxy groups -OCH3 is 1. The quantitative estimate of drug-likeness (QED) is 0.108. The Bertz CT molecular complexity index is 1950. The van der Waals surface area contributed by atoms with E-state index in [9.17, 15) is 19.7 Å². The Labute approximate surface area is 259 Å². The van der Waals surface area contributed by atoms with E-state index >= 15 is 0 Å². The number of allylic oxidation sites excluding steroid dienone is 1. The summed E-state index contributed by atoms with van der Waals surface area (Å²) in [6, 6.07) is 10.7. The average molecular weight is 634 g/mol. The van der Waals surface area contributed by atoms with Crippen LogP contribution in [-0.4, -0.2) is 45.8 Å². The van der Waals surface area contributed by atoms with E-state index < -0.39 is 22.5 Å². The van der Waals surface area contributed by atoms with Gasteiger partial charge < -0.3 is 14.2 Å². The fourth-order valence-corrected chi connectivity index (χ4v) is 6.52. The normalized spacial score (nSPS) is 14.5. The predicted molar refractivity (Wildman–Crippen MR) is 164 cm³/mol. The van der Waals surface area contributed by atoms with Crippen molar-refractivity contribution in [1.82, 2.24) is 14.5 Å². The van der Waals surface area contributed by atoms with Gasteiger partial charge in [-0.1, -0.05) is 23.5 Å². The summed E-state index contributed by atoms with van der Waals surface area (Å²) in [7, 11) is 1.53. The van der Waals surface area contributed by atoms with E-state index in [1.807, 2.05) is 6.92 Å². The molecular weight excluding hydrogens is 606 g/mol. The summed E-state index contributed by atoms with van der Waals surface area (Å²) >= 11 is 2.19. The van der Waals surface area contributed by atoms with Gasteiger partial charge in [-0.25, -0.2) is 19.8 Å². The highest BCUT2D eigenvalue weighted by atomic mass is 32.2. The Morgan fingerprint density at radius 1 is 1.14 bits per heavy atom. The number of thiazole rings is 1. The third-order valence-corrected chi connectivity index (χ3v) is 8.48. The minimum absolute atomic E-state index is 0.142. The Balaban J connectivity index is 1.65. The van der Waals surface area contributed by atoms with Gasteiger partial charge in [0.15, 0.2) is 21.5 Å². The third kappa shape index (κ3) is 6.12. The molecule has 14 heteroatoms. The maximum absolute atomic E-state index is 14.0. The number of carbonyl (C=O) groups is 1. The lowest BCUT2D eigenvalue weighted by atomic mass is 9.95. The number of ether oxygens (including phenoxy) is 3. The zero-order valence-electron chi connectivity index (χ0n) is 24.2. The number of fused-ring (bicyclic) bond motifs is 1. The standard InChI is InChI=1S/C30H27N5O7S2/c1-5-41-22-16-19(9-10-21(22)40-4)26-25(28(37)42-6-2)17(3)33-30-34(26)27(36)24(44-30)15-18-8-11-23(20(14-18)35(38)39)43-29-31-12-7-13-32-29/h7-16,26H,5-6H2,1-4H3/b24-15+/t26-/m1/s1. The summed E-state index contributed by atoms with van der Waals surface area (Å²) in [6.07, 6.45) is 4.69. The van der Waals surface area contributed by atoms with Crippen LogP contribution in [0.4, 0.5) is 5.69 Å². The molecule has 4 aromatic rings. The molecule has 0 aliphatic carbocycles. The maximum atomic E-state index is 14.0. The van der Waals surface area contributed by atoms with Crippen LogP contribution in [0.2, 0.25) is 0 Å². The zero-order valence-corrected chi connectivity index (χ0v) is 25.8. The number of esters is 1. The van der Waals surface area contributed by atoms with Gasteiger partial charge in [-0.15, -0.1) is 0 Å².